The minimum absolute atomic E-state index is 0.0673. The Hall–Kier alpha value is -3.36. The molecule has 0 fully saturated rings. The summed E-state index contributed by atoms with van der Waals surface area (Å²) in [6.45, 7) is 0.307. The predicted octanol–water partition coefficient (Wildman–Crippen LogP) is 4.05. The van der Waals surface area contributed by atoms with Crippen molar-refractivity contribution in [3.63, 3.8) is 0 Å². The molecule has 8 nitrogen and oxygen atoms in total. The van der Waals surface area contributed by atoms with Gasteiger partial charge in [-0.1, -0.05) is 23.7 Å². The molecule has 0 bridgehead atoms. The number of hydrogen-bond donors (Lipinski definition) is 5. The molecule has 33 heavy (non-hydrogen) atoms. The van der Waals surface area contributed by atoms with Crippen LogP contribution in [0.5, 0.6) is 0 Å². The van der Waals surface area contributed by atoms with E-state index < -0.39 is 11.9 Å². The van der Waals surface area contributed by atoms with E-state index in [1.165, 1.54) is 0 Å². The minimum Gasteiger partial charge on any atom is -0.481 e. The van der Waals surface area contributed by atoms with Crippen LogP contribution >= 0.6 is 11.6 Å². The second kappa shape index (κ2) is 9.25. The molecule has 1 atom stereocenters. The highest BCUT2D eigenvalue weighted by molar-refractivity contribution is 6.31. The number of amides is 1. The zero-order chi connectivity index (χ0) is 23.7. The van der Waals surface area contributed by atoms with Gasteiger partial charge in [0, 0.05) is 41.0 Å². The number of carbonyl (C=O) groups excluding carboxylic acids is 1. The minimum atomic E-state index is -1.08. The number of aromatic amines is 1. The number of hydrogen-bond acceptors (Lipinski definition) is 4. The molecule has 1 amide bonds. The number of aromatic nitrogens is 1. The highest BCUT2D eigenvalue weighted by Gasteiger charge is 2.31. The predicted molar refractivity (Wildman–Crippen MR) is 125 cm³/mol. The fourth-order valence-electron chi connectivity index (χ4n) is 4.63. The smallest absolute Gasteiger partial charge is 0.352 e. The van der Waals surface area contributed by atoms with Gasteiger partial charge in [-0.25, -0.2) is 4.79 Å². The average Bonchev–Trinajstić information content (AvgIpc) is 3.15. The Kier molecular flexibility index (Phi) is 6.40. The van der Waals surface area contributed by atoms with Gasteiger partial charge in [0.25, 0.3) is 0 Å². The first-order valence-electron chi connectivity index (χ1n) is 10.7. The number of anilines is 1. The number of halogens is 1. The maximum atomic E-state index is 13.0. The van der Waals surface area contributed by atoms with E-state index in [0.717, 1.165) is 16.5 Å². The van der Waals surface area contributed by atoms with E-state index in [2.05, 4.69) is 10.3 Å². The van der Waals surface area contributed by atoms with Gasteiger partial charge in [-0.15, -0.1) is 0 Å². The summed E-state index contributed by atoms with van der Waals surface area (Å²) in [5.41, 5.74) is 10.1. The molecule has 0 aliphatic heterocycles. The van der Waals surface area contributed by atoms with Gasteiger partial charge in [0.15, 0.2) is 0 Å². The van der Waals surface area contributed by atoms with Crippen molar-refractivity contribution >= 4 is 46.0 Å². The van der Waals surface area contributed by atoms with E-state index in [1.807, 2.05) is 6.07 Å². The fraction of sp³-hybridized carbons (Fsp3) is 0.292. The van der Waals surface area contributed by atoms with Crippen LogP contribution in [0, 0.1) is 0 Å². The fourth-order valence-corrected chi connectivity index (χ4v) is 4.87. The lowest BCUT2D eigenvalue weighted by atomic mass is 9.81. The Morgan fingerprint density at radius 1 is 1.18 bits per heavy atom. The topological polar surface area (TPSA) is 146 Å². The molecule has 1 heterocycles. The SMILES string of the molecule is NCc1ccc(NC(=O)CC2CCc3cc(Cl)cc4[nH]c(C(=O)O)c2c34)c(CCC(=O)O)c1. The molecule has 0 saturated carbocycles. The molecule has 1 aliphatic rings. The zero-order valence-corrected chi connectivity index (χ0v) is 18.5. The lowest BCUT2D eigenvalue weighted by molar-refractivity contribution is -0.137. The van der Waals surface area contributed by atoms with E-state index in [0.29, 0.717) is 46.7 Å². The van der Waals surface area contributed by atoms with Crippen molar-refractivity contribution in [2.75, 3.05) is 5.32 Å². The van der Waals surface area contributed by atoms with Gasteiger partial charge < -0.3 is 26.2 Å². The molecule has 1 aromatic heterocycles. The molecule has 4 rings (SSSR count). The Morgan fingerprint density at radius 3 is 2.67 bits per heavy atom. The number of nitrogens with one attached hydrogen (secondary N) is 2. The Bertz CT molecular complexity index is 1270. The molecule has 0 radical (unpaired) electrons. The molecule has 172 valence electrons. The molecular weight excluding hydrogens is 446 g/mol. The number of aryl methyl sites for hydroxylation is 2. The first-order chi connectivity index (χ1) is 15.8. The van der Waals surface area contributed by atoms with Gasteiger partial charge in [0.2, 0.25) is 5.91 Å². The van der Waals surface area contributed by atoms with Crippen LogP contribution in [0.2, 0.25) is 5.02 Å². The monoisotopic (exact) mass is 469 g/mol. The summed E-state index contributed by atoms with van der Waals surface area (Å²) in [7, 11) is 0. The highest BCUT2D eigenvalue weighted by Crippen LogP contribution is 2.42. The maximum absolute atomic E-state index is 13.0. The van der Waals surface area contributed by atoms with Crippen LogP contribution in [-0.2, 0) is 29.0 Å². The Labute approximate surface area is 194 Å². The van der Waals surface area contributed by atoms with Crippen molar-refractivity contribution in [2.45, 2.75) is 44.6 Å². The summed E-state index contributed by atoms with van der Waals surface area (Å²) in [4.78, 5) is 38.9. The number of rotatable bonds is 8. The Morgan fingerprint density at radius 2 is 1.97 bits per heavy atom. The van der Waals surface area contributed by atoms with Crippen LogP contribution in [0.15, 0.2) is 30.3 Å². The number of carbonyl (C=O) groups is 3. The van der Waals surface area contributed by atoms with Crippen molar-refractivity contribution in [3.8, 4) is 0 Å². The van der Waals surface area contributed by atoms with Crippen LogP contribution in [0.3, 0.4) is 0 Å². The largest absolute Gasteiger partial charge is 0.481 e. The molecule has 9 heteroatoms. The van der Waals surface area contributed by atoms with E-state index in [-0.39, 0.29) is 36.8 Å². The van der Waals surface area contributed by atoms with Crippen molar-refractivity contribution in [1.82, 2.24) is 4.98 Å². The number of aromatic carboxylic acids is 1. The van der Waals surface area contributed by atoms with Crippen molar-refractivity contribution in [3.05, 3.63) is 63.3 Å². The molecule has 1 unspecified atom stereocenters. The van der Waals surface area contributed by atoms with Crippen molar-refractivity contribution in [1.29, 1.82) is 0 Å². The average molecular weight is 470 g/mol. The van der Waals surface area contributed by atoms with Crippen LogP contribution in [0.4, 0.5) is 5.69 Å². The number of carboxylic acids is 2. The zero-order valence-electron chi connectivity index (χ0n) is 17.8. The van der Waals surface area contributed by atoms with Crippen LogP contribution in [0.25, 0.3) is 10.9 Å². The maximum Gasteiger partial charge on any atom is 0.352 e. The first-order valence-corrected chi connectivity index (χ1v) is 11.1. The summed E-state index contributed by atoms with van der Waals surface area (Å²) in [6, 6.07) is 8.87. The lowest BCUT2D eigenvalue weighted by Gasteiger charge is -2.23. The van der Waals surface area contributed by atoms with Gasteiger partial charge in [0.1, 0.15) is 5.69 Å². The third-order valence-corrected chi connectivity index (χ3v) is 6.31. The van der Waals surface area contributed by atoms with E-state index in [9.17, 15) is 19.5 Å². The summed E-state index contributed by atoms with van der Waals surface area (Å²) in [5.74, 6) is -2.54. The summed E-state index contributed by atoms with van der Waals surface area (Å²) < 4.78 is 0. The number of carboxylic acid groups (broad SMARTS) is 2. The number of aliphatic carboxylic acids is 1. The van der Waals surface area contributed by atoms with Crippen LogP contribution in [-0.4, -0.2) is 33.0 Å². The molecule has 2 aromatic carbocycles. The molecule has 0 spiro atoms. The van der Waals surface area contributed by atoms with Gasteiger partial charge in [-0.05, 0) is 65.6 Å². The summed E-state index contributed by atoms with van der Waals surface area (Å²) in [5, 5.41) is 23.0. The molecule has 3 aromatic rings. The van der Waals surface area contributed by atoms with Crippen LogP contribution < -0.4 is 11.1 Å². The first kappa shape index (κ1) is 22.8. The van der Waals surface area contributed by atoms with E-state index >= 15 is 0 Å². The quantitative estimate of drug-likeness (QED) is 0.336. The highest BCUT2D eigenvalue weighted by atomic mass is 35.5. The normalized spacial score (nSPS) is 14.9. The second-order valence-corrected chi connectivity index (χ2v) is 8.72. The van der Waals surface area contributed by atoms with Crippen LogP contribution in [0.1, 0.15) is 57.9 Å². The van der Waals surface area contributed by atoms with Gasteiger partial charge in [0.05, 0.1) is 0 Å². The Balaban J connectivity index is 1.60. The number of nitrogens with two attached hydrogens (primary N) is 1. The summed E-state index contributed by atoms with van der Waals surface area (Å²) in [6.07, 6.45) is 1.60. The third kappa shape index (κ3) is 4.72. The van der Waals surface area contributed by atoms with E-state index in [1.54, 1.807) is 24.3 Å². The lowest BCUT2D eigenvalue weighted by Crippen LogP contribution is -2.20. The standard InChI is InChI=1S/C24H24ClN3O5/c25-16-8-14-2-3-15(22-21(14)18(10-16)28-23(22)24(32)33)9-19(29)27-17-5-1-12(11-26)7-13(17)4-6-20(30)31/h1,5,7-8,10,15,28H,2-4,6,9,11,26H2,(H,27,29)(H,30,31)(H,32,33). The molecule has 1 aliphatic carbocycles. The van der Waals surface area contributed by atoms with Gasteiger partial charge in [-0.2, -0.15) is 0 Å². The number of H-pyrrole nitrogens is 1. The van der Waals surface area contributed by atoms with Crippen molar-refractivity contribution < 1.29 is 24.6 Å². The summed E-state index contributed by atoms with van der Waals surface area (Å²) >= 11 is 6.18. The van der Waals surface area contributed by atoms with Gasteiger partial charge >= 0.3 is 11.9 Å². The van der Waals surface area contributed by atoms with Gasteiger partial charge in [-0.3, -0.25) is 9.59 Å². The molecule has 6 N–H and O–H groups in total. The third-order valence-electron chi connectivity index (χ3n) is 6.09. The van der Waals surface area contributed by atoms with E-state index in [4.69, 9.17) is 22.4 Å². The second-order valence-electron chi connectivity index (χ2n) is 8.28. The molecular formula is C24H24ClN3O5. The molecule has 0 saturated heterocycles. The number of benzene rings is 2. The van der Waals surface area contributed by atoms with Crippen molar-refractivity contribution in [2.24, 2.45) is 5.73 Å².